The Bertz CT molecular complexity index is 1360. The minimum Gasteiger partial charge on any atom is -0.497 e. The number of amides is 1. The van der Waals surface area contributed by atoms with Gasteiger partial charge < -0.3 is 43.2 Å². The zero-order valence-corrected chi connectivity index (χ0v) is 25.9. The molecule has 4 unspecified atom stereocenters. The van der Waals surface area contributed by atoms with Gasteiger partial charge in [0.05, 0.1) is 19.8 Å². The summed E-state index contributed by atoms with van der Waals surface area (Å²) < 4.78 is 44.0. The summed E-state index contributed by atoms with van der Waals surface area (Å²) in [4.78, 5) is 61.2. The molecule has 244 valence electrons. The van der Waals surface area contributed by atoms with Crippen molar-refractivity contribution in [3.8, 4) is 17.2 Å². The fraction of sp³-hybridized carbons (Fsp3) is 0.452. The molecule has 1 heterocycles. The van der Waals surface area contributed by atoms with E-state index in [0.29, 0.717) is 17.9 Å². The molecule has 0 aliphatic carbocycles. The SMILES string of the molecule is COc1ccc(CCNC(=O)c2ccc(OC)cc2O[C@@H]2OC(COC(C)=O)C(OC(C)=O)C(OC(C)=O)C2OC(C)=O)cc1. The van der Waals surface area contributed by atoms with Crippen LogP contribution in [0.4, 0.5) is 0 Å². The Morgan fingerprint density at radius 3 is 1.89 bits per heavy atom. The van der Waals surface area contributed by atoms with Gasteiger partial charge in [-0.15, -0.1) is 0 Å². The summed E-state index contributed by atoms with van der Waals surface area (Å²) in [6.07, 6.45) is -6.53. The molecule has 2 aromatic rings. The maximum Gasteiger partial charge on any atom is 0.303 e. The molecular weight excluding hydrogens is 594 g/mol. The van der Waals surface area contributed by atoms with Crippen LogP contribution in [0.1, 0.15) is 43.6 Å². The highest BCUT2D eigenvalue weighted by Gasteiger charge is 2.53. The molecule has 14 nitrogen and oxygen atoms in total. The normalized spacial score (nSPS) is 20.6. The number of esters is 4. The van der Waals surface area contributed by atoms with Crippen molar-refractivity contribution in [1.29, 1.82) is 0 Å². The molecule has 3 rings (SSSR count). The first kappa shape index (κ1) is 34.6. The van der Waals surface area contributed by atoms with Crippen LogP contribution in [-0.2, 0) is 49.3 Å². The third kappa shape index (κ3) is 10.1. The number of benzene rings is 2. The van der Waals surface area contributed by atoms with Crippen molar-refractivity contribution in [1.82, 2.24) is 5.32 Å². The van der Waals surface area contributed by atoms with Crippen molar-refractivity contribution in [3.05, 3.63) is 53.6 Å². The smallest absolute Gasteiger partial charge is 0.303 e. The predicted molar refractivity (Wildman–Crippen MR) is 155 cm³/mol. The highest BCUT2D eigenvalue weighted by Crippen LogP contribution is 2.33. The molecule has 45 heavy (non-hydrogen) atoms. The second kappa shape index (κ2) is 16.3. The molecule has 0 saturated carbocycles. The first-order valence-corrected chi connectivity index (χ1v) is 14.0. The fourth-order valence-corrected chi connectivity index (χ4v) is 4.53. The van der Waals surface area contributed by atoms with Crippen molar-refractivity contribution >= 4 is 29.8 Å². The van der Waals surface area contributed by atoms with E-state index in [-0.39, 0.29) is 17.9 Å². The highest BCUT2D eigenvalue weighted by molar-refractivity contribution is 5.97. The monoisotopic (exact) mass is 631 g/mol. The number of carbonyl (C=O) groups excluding carboxylic acids is 5. The molecule has 1 N–H and O–H groups in total. The van der Waals surface area contributed by atoms with Gasteiger partial charge in [-0.05, 0) is 36.2 Å². The Morgan fingerprint density at radius 1 is 0.733 bits per heavy atom. The Morgan fingerprint density at radius 2 is 1.31 bits per heavy atom. The fourth-order valence-electron chi connectivity index (χ4n) is 4.53. The van der Waals surface area contributed by atoms with Gasteiger partial charge >= 0.3 is 23.9 Å². The highest BCUT2D eigenvalue weighted by atomic mass is 16.7. The van der Waals surface area contributed by atoms with E-state index in [1.165, 1.54) is 26.2 Å². The van der Waals surface area contributed by atoms with E-state index in [2.05, 4.69) is 5.32 Å². The number of hydrogen-bond donors (Lipinski definition) is 1. The molecule has 0 aromatic heterocycles. The van der Waals surface area contributed by atoms with E-state index in [1.54, 1.807) is 13.2 Å². The summed E-state index contributed by atoms with van der Waals surface area (Å²) in [5, 5.41) is 2.84. The molecule has 1 amide bonds. The average molecular weight is 632 g/mol. The zero-order valence-electron chi connectivity index (χ0n) is 25.9. The summed E-state index contributed by atoms with van der Waals surface area (Å²) >= 11 is 0. The van der Waals surface area contributed by atoms with E-state index in [4.69, 9.17) is 37.9 Å². The summed E-state index contributed by atoms with van der Waals surface area (Å²) in [5.74, 6) is -2.50. The third-order valence-corrected chi connectivity index (χ3v) is 6.48. The molecule has 0 bridgehead atoms. The van der Waals surface area contributed by atoms with Gasteiger partial charge in [0.25, 0.3) is 5.91 Å². The maximum absolute atomic E-state index is 13.3. The number of ether oxygens (including phenoxy) is 8. The molecule has 1 fully saturated rings. The topological polar surface area (TPSA) is 171 Å². The summed E-state index contributed by atoms with van der Waals surface area (Å²) in [6.45, 7) is 4.36. The second-order valence-corrected chi connectivity index (χ2v) is 9.90. The quantitative estimate of drug-likeness (QED) is 0.252. The van der Waals surface area contributed by atoms with Crippen LogP contribution in [0.3, 0.4) is 0 Å². The van der Waals surface area contributed by atoms with Crippen LogP contribution in [0.5, 0.6) is 17.2 Å². The molecule has 2 aromatic carbocycles. The number of carbonyl (C=O) groups is 5. The van der Waals surface area contributed by atoms with Crippen molar-refractivity contribution in [2.24, 2.45) is 0 Å². The van der Waals surface area contributed by atoms with Gasteiger partial charge in [-0.2, -0.15) is 0 Å². The van der Waals surface area contributed by atoms with Gasteiger partial charge in [-0.1, -0.05) is 12.1 Å². The number of nitrogens with one attached hydrogen (secondary N) is 1. The number of rotatable bonds is 13. The average Bonchev–Trinajstić information content (AvgIpc) is 2.98. The van der Waals surface area contributed by atoms with E-state index >= 15 is 0 Å². The van der Waals surface area contributed by atoms with Gasteiger partial charge in [0, 0.05) is 40.3 Å². The zero-order chi connectivity index (χ0) is 33.1. The Labute approximate surface area is 260 Å². The van der Waals surface area contributed by atoms with Gasteiger partial charge in [-0.3, -0.25) is 24.0 Å². The standard InChI is InChI=1S/C31H37NO13/c1-17(33)40-16-26-27(41-18(2)34)28(42-19(3)35)29(43-20(4)36)31(45-26)44-25-15-23(39-6)11-12-24(25)30(37)32-14-13-21-7-9-22(38-5)10-8-21/h7-12,15,26-29,31H,13-14,16H2,1-6H3,(H,32,37)/t26?,27?,28?,29?,31-/m1/s1. The minimum atomic E-state index is -1.54. The van der Waals surface area contributed by atoms with Crippen molar-refractivity contribution < 1.29 is 61.9 Å². The molecule has 0 spiro atoms. The van der Waals surface area contributed by atoms with Crippen molar-refractivity contribution in [2.75, 3.05) is 27.4 Å². The van der Waals surface area contributed by atoms with Crippen LogP contribution in [0.15, 0.2) is 42.5 Å². The van der Waals surface area contributed by atoms with Gasteiger partial charge in [0.15, 0.2) is 12.2 Å². The lowest BCUT2D eigenvalue weighted by Crippen LogP contribution is -2.63. The molecule has 1 aliphatic rings. The molecule has 14 heteroatoms. The molecule has 1 aliphatic heterocycles. The van der Waals surface area contributed by atoms with E-state index in [9.17, 15) is 24.0 Å². The number of methoxy groups -OCH3 is 2. The van der Waals surface area contributed by atoms with E-state index < -0.39 is 67.1 Å². The van der Waals surface area contributed by atoms with Crippen LogP contribution in [0.25, 0.3) is 0 Å². The van der Waals surface area contributed by atoms with E-state index in [1.807, 2.05) is 24.3 Å². The predicted octanol–water partition coefficient (Wildman–Crippen LogP) is 2.14. The van der Waals surface area contributed by atoms with Crippen LogP contribution < -0.4 is 19.5 Å². The molecule has 0 radical (unpaired) electrons. The third-order valence-electron chi connectivity index (χ3n) is 6.48. The Hall–Kier alpha value is -4.85. The van der Waals surface area contributed by atoms with Crippen LogP contribution >= 0.6 is 0 Å². The van der Waals surface area contributed by atoms with Crippen molar-refractivity contribution in [3.63, 3.8) is 0 Å². The Kier molecular flexibility index (Phi) is 12.5. The largest absolute Gasteiger partial charge is 0.497 e. The van der Waals surface area contributed by atoms with Crippen molar-refractivity contribution in [2.45, 2.75) is 64.8 Å². The summed E-state index contributed by atoms with van der Waals surface area (Å²) in [6, 6.07) is 11.9. The lowest BCUT2D eigenvalue weighted by molar-refractivity contribution is -0.288. The van der Waals surface area contributed by atoms with Crippen LogP contribution in [0, 0.1) is 0 Å². The first-order chi connectivity index (χ1) is 21.4. The maximum atomic E-state index is 13.3. The lowest BCUT2D eigenvalue weighted by Gasteiger charge is -2.44. The molecular formula is C31H37NO13. The minimum absolute atomic E-state index is 0.0304. The molecule has 5 atom stereocenters. The second-order valence-electron chi connectivity index (χ2n) is 9.90. The molecule has 1 saturated heterocycles. The van der Waals surface area contributed by atoms with Gasteiger partial charge in [-0.25, -0.2) is 0 Å². The van der Waals surface area contributed by atoms with E-state index in [0.717, 1.165) is 26.3 Å². The Balaban J connectivity index is 1.94. The van der Waals surface area contributed by atoms with Gasteiger partial charge in [0.2, 0.25) is 12.4 Å². The summed E-state index contributed by atoms with van der Waals surface area (Å²) in [7, 11) is 2.99. The summed E-state index contributed by atoms with van der Waals surface area (Å²) in [5.41, 5.74) is 1.05. The van der Waals surface area contributed by atoms with Gasteiger partial charge in [0.1, 0.15) is 30.0 Å². The number of hydrogen-bond acceptors (Lipinski definition) is 13. The van der Waals surface area contributed by atoms with Crippen LogP contribution in [0.2, 0.25) is 0 Å². The lowest BCUT2D eigenvalue weighted by atomic mass is 9.98. The van der Waals surface area contributed by atoms with Crippen LogP contribution in [-0.4, -0.2) is 87.9 Å². The first-order valence-electron chi connectivity index (χ1n) is 14.0.